The Balaban J connectivity index is 1.34. The fourth-order valence-electron chi connectivity index (χ4n) is 5.54. The smallest absolute Gasteiger partial charge is 0.226 e. The first-order valence-electron chi connectivity index (χ1n) is 12.7. The van der Waals surface area contributed by atoms with Crippen LogP contribution in [0.4, 0.5) is 0 Å². The zero-order chi connectivity index (χ0) is 23.4. The summed E-state index contributed by atoms with van der Waals surface area (Å²) in [5.74, 6) is 0.976. The molecule has 0 saturated carbocycles. The van der Waals surface area contributed by atoms with Crippen LogP contribution in [0.15, 0.2) is 42.5 Å². The van der Waals surface area contributed by atoms with Crippen molar-refractivity contribution in [3.8, 4) is 0 Å². The van der Waals surface area contributed by atoms with Crippen LogP contribution in [0, 0.1) is 25.7 Å². The fraction of sp³-hybridized carbons (Fsp3) is 0.571. The number of hydrogen-bond acceptors (Lipinski definition) is 3. The molecule has 3 heterocycles. The molecule has 1 atom stereocenters. The number of benzene rings is 1. The Hall–Kier alpha value is -2.40. The molecule has 4 rings (SSSR count). The lowest BCUT2D eigenvalue weighted by Gasteiger charge is -2.36. The fourth-order valence-corrected chi connectivity index (χ4v) is 5.54. The number of rotatable bonds is 7. The van der Waals surface area contributed by atoms with Crippen LogP contribution in [-0.4, -0.2) is 51.7 Å². The molecule has 1 aromatic heterocycles. The Morgan fingerprint density at radius 1 is 1.06 bits per heavy atom. The highest BCUT2D eigenvalue weighted by Crippen LogP contribution is 2.32. The van der Waals surface area contributed by atoms with Crippen molar-refractivity contribution in [1.29, 1.82) is 0 Å². The van der Waals surface area contributed by atoms with Crippen molar-refractivity contribution in [2.45, 2.75) is 66.0 Å². The highest BCUT2D eigenvalue weighted by Gasteiger charge is 2.34. The van der Waals surface area contributed by atoms with Crippen LogP contribution in [0.1, 0.15) is 61.7 Å². The van der Waals surface area contributed by atoms with Crippen LogP contribution in [0.25, 0.3) is 0 Å². The van der Waals surface area contributed by atoms with Gasteiger partial charge in [-0.3, -0.25) is 14.4 Å². The summed E-state index contributed by atoms with van der Waals surface area (Å²) in [6, 6.07) is 10.9. The first-order valence-corrected chi connectivity index (χ1v) is 12.7. The Labute approximate surface area is 199 Å². The summed E-state index contributed by atoms with van der Waals surface area (Å²) in [5.41, 5.74) is 5.13. The Morgan fingerprint density at radius 2 is 1.79 bits per heavy atom. The van der Waals surface area contributed by atoms with Crippen molar-refractivity contribution in [3.63, 3.8) is 0 Å². The van der Waals surface area contributed by atoms with Gasteiger partial charge in [0.25, 0.3) is 0 Å². The van der Waals surface area contributed by atoms with Crippen LogP contribution in [-0.2, 0) is 17.8 Å². The molecule has 0 N–H and O–H groups in total. The quantitative estimate of drug-likeness (QED) is 0.564. The van der Waals surface area contributed by atoms with Gasteiger partial charge in [0, 0.05) is 42.9 Å². The SMILES string of the molecule is Cc1nn(C(C)C)c(C)c1CN1CCC([C@H]2CC=CCN(CCc3ccccc3)C2=O)CC1. The third-order valence-corrected chi connectivity index (χ3v) is 7.57. The number of amides is 1. The van der Waals surface area contributed by atoms with Gasteiger partial charge in [0.15, 0.2) is 0 Å². The number of nitrogens with zero attached hydrogens (tertiary/aromatic N) is 4. The molecule has 2 aliphatic heterocycles. The minimum absolute atomic E-state index is 0.133. The summed E-state index contributed by atoms with van der Waals surface area (Å²) in [6.07, 6.45) is 8.46. The van der Waals surface area contributed by atoms with Crippen molar-refractivity contribution in [1.82, 2.24) is 19.6 Å². The molecule has 1 aromatic carbocycles. The molecule has 5 heteroatoms. The minimum atomic E-state index is 0.133. The van der Waals surface area contributed by atoms with E-state index in [0.29, 0.717) is 17.9 Å². The molecule has 1 fully saturated rings. The van der Waals surface area contributed by atoms with Gasteiger partial charge in [-0.25, -0.2) is 0 Å². The van der Waals surface area contributed by atoms with Crippen LogP contribution in [0.5, 0.6) is 0 Å². The van der Waals surface area contributed by atoms with E-state index in [1.807, 2.05) is 6.07 Å². The topological polar surface area (TPSA) is 41.4 Å². The van der Waals surface area contributed by atoms with Gasteiger partial charge in [0.2, 0.25) is 5.91 Å². The van der Waals surface area contributed by atoms with E-state index < -0.39 is 0 Å². The van der Waals surface area contributed by atoms with E-state index in [-0.39, 0.29) is 5.92 Å². The highest BCUT2D eigenvalue weighted by atomic mass is 16.2. The van der Waals surface area contributed by atoms with Gasteiger partial charge in [0.05, 0.1) is 5.69 Å². The number of aromatic nitrogens is 2. The molecule has 1 saturated heterocycles. The minimum Gasteiger partial charge on any atom is -0.338 e. The summed E-state index contributed by atoms with van der Waals surface area (Å²) in [5, 5.41) is 4.76. The molecule has 1 amide bonds. The maximum absolute atomic E-state index is 13.5. The number of piperidine rings is 1. The Morgan fingerprint density at radius 3 is 2.45 bits per heavy atom. The second-order valence-electron chi connectivity index (χ2n) is 10.1. The maximum atomic E-state index is 13.5. The lowest BCUT2D eigenvalue weighted by atomic mass is 9.81. The summed E-state index contributed by atoms with van der Waals surface area (Å²) in [7, 11) is 0. The van der Waals surface area contributed by atoms with Gasteiger partial charge in [-0.1, -0.05) is 42.5 Å². The molecule has 0 bridgehead atoms. The maximum Gasteiger partial charge on any atom is 0.226 e. The molecule has 2 aliphatic rings. The molecular formula is C28H40N4O. The van der Waals surface area contributed by atoms with E-state index in [2.05, 4.69) is 78.6 Å². The number of aryl methyl sites for hydroxylation is 1. The van der Waals surface area contributed by atoms with E-state index in [1.54, 1.807) is 0 Å². The van der Waals surface area contributed by atoms with Crippen molar-refractivity contribution < 1.29 is 4.79 Å². The largest absolute Gasteiger partial charge is 0.338 e. The first-order chi connectivity index (χ1) is 15.9. The molecule has 0 unspecified atom stereocenters. The first kappa shape index (κ1) is 23.7. The van der Waals surface area contributed by atoms with Gasteiger partial charge in [-0.2, -0.15) is 5.10 Å². The number of allylic oxidation sites excluding steroid dienone is 1. The van der Waals surface area contributed by atoms with E-state index in [0.717, 1.165) is 64.1 Å². The van der Waals surface area contributed by atoms with Crippen molar-refractivity contribution >= 4 is 5.91 Å². The summed E-state index contributed by atoms with van der Waals surface area (Å²) >= 11 is 0. The molecule has 0 aliphatic carbocycles. The van der Waals surface area contributed by atoms with E-state index in [1.165, 1.54) is 16.8 Å². The zero-order valence-electron chi connectivity index (χ0n) is 20.8. The van der Waals surface area contributed by atoms with E-state index >= 15 is 0 Å². The average Bonchev–Trinajstić information content (AvgIpc) is 2.98. The second-order valence-corrected chi connectivity index (χ2v) is 10.1. The molecule has 33 heavy (non-hydrogen) atoms. The van der Waals surface area contributed by atoms with Gasteiger partial charge in [-0.05, 0) is 77.9 Å². The van der Waals surface area contributed by atoms with Crippen LogP contribution < -0.4 is 0 Å². The van der Waals surface area contributed by atoms with Crippen LogP contribution in [0.3, 0.4) is 0 Å². The van der Waals surface area contributed by atoms with Gasteiger partial charge in [0.1, 0.15) is 0 Å². The third-order valence-electron chi connectivity index (χ3n) is 7.57. The number of carbonyl (C=O) groups excluding carboxylic acids is 1. The number of likely N-dealkylation sites (tertiary alicyclic amines) is 1. The molecule has 5 nitrogen and oxygen atoms in total. The Kier molecular flexibility index (Phi) is 7.69. The number of hydrogen-bond donors (Lipinski definition) is 0. The van der Waals surface area contributed by atoms with E-state index in [4.69, 9.17) is 5.10 Å². The van der Waals surface area contributed by atoms with Crippen molar-refractivity contribution in [2.75, 3.05) is 26.2 Å². The molecular weight excluding hydrogens is 408 g/mol. The number of carbonyl (C=O) groups is 1. The normalized spacial score (nSPS) is 20.6. The van der Waals surface area contributed by atoms with Crippen molar-refractivity contribution in [3.05, 3.63) is 65.0 Å². The third kappa shape index (κ3) is 5.57. The van der Waals surface area contributed by atoms with Gasteiger partial charge < -0.3 is 4.90 Å². The second kappa shape index (κ2) is 10.7. The monoisotopic (exact) mass is 448 g/mol. The summed E-state index contributed by atoms with van der Waals surface area (Å²) < 4.78 is 2.15. The van der Waals surface area contributed by atoms with Gasteiger partial charge in [-0.15, -0.1) is 0 Å². The summed E-state index contributed by atoms with van der Waals surface area (Å²) in [6.45, 7) is 13.4. The molecule has 2 aromatic rings. The molecule has 0 radical (unpaired) electrons. The lowest BCUT2D eigenvalue weighted by molar-refractivity contribution is -0.137. The van der Waals surface area contributed by atoms with Gasteiger partial charge >= 0.3 is 0 Å². The van der Waals surface area contributed by atoms with E-state index in [9.17, 15) is 4.79 Å². The molecule has 0 spiro atoms. The van der Waals surface area contributed by atoms with Crippen molar-refractivity contribution in [2.24, 2.45) is 11.8 Å². The Bertz CT molecular complexity index is 954. The predicted octanol–water partition coefficient (Wildman–Crippen LogP) is 4.94. The summed E-state index contributed by atoms with van der Waals surface area (Å²) in [4.78, 5) is 18.1. The average molecular weight is 449 g/mol. The van der Waals surface area contributed by atoms with Crippen LogP contribution >= 0.6 is 0 Å². The molecule has 178 valence electrons. The zero-order valence-corrected chi connectivity index (χ0v) is 20.8. The predicted molar refractivity (Wildman–Crippen MR) is 134 cm³/mol. The lowest BCUT2D eigenvalue weighted by Crippen LogP contribution is -2.43. The standard InChI is InChI=1S/C28H40N4O/c1-21(2)32-23(4)27(22(3)29-32)20-30-17-14-25(15-18-30)26-12-8-9-16-31(28(26)33)19-13-24-10-6-5-7-11-24/h5-11,21,25-26H,12-20H2,1-4H3/t26-/m1/s1. The van der Waals surface area contributed by atoms with Crippen LogP contribution in [0.2, 0.25) is 0 Å². The highest BCUT2D eigenvalue weighted by molar-refractivity contribution is 5.80.